The van der Waals surface area contributed by atoms with Crippen molar-refractivity contribution < 1.29 is 38.6 Å². The van der Waals surface area contributed by atoms with E-state index >= 15 is 0 Å². The van der Waals surface area contributed by atoms with Gasteiger partial charge in [0.25, 0.3) is 11.8 Å². The van der Waals surface area contributed by atoms with E-state index in [1.165, 1.54) is 37.8 Å². The van der Waals surface area contributed by atoms with Gasteiger partial charge in [-0.05, 0) is 52.9 Å². The molecule has 0 saturated heterocycles. The van der Waals surface area contributed by atoms with Crippen molar-refractivity contribution in [1.29, 1.82) is 0 Å². The monoisotopic (exact) mass is 621 g/mol. The standard InChI is InChI=1S/C33H55N3O8/c1-33(2,3)44-32(43)26(20-21-27(37)34-24-16-17-25-36-29(39)22-23-30(36)40)35-28(38)18-14-12-10-8-6-4-5-7-9-11-13-15-19-31(41)42/h22-23,26H,4-21,24-25H2,1-3H3,(H,34,37)(H,35,38)(H,41,42). The van der Waals surface area contributed by atoms with Gasteiger partial charge in [-0.1, -0.05) is 64.2 Å². The summed E-state index contributed by atoms with van der Waals surface area (Å²) in [5.41, 5.74) is -0.724. The molecular weight excluding hydrogens is 566 g/mol. The molecule has 1 unspecified atom stereocenters. The lowest BCUT2D eigenvalue weighted by Crippen LogP contribution is -2.44. The maximum Gasteiger partial charge on any atom is 0.329 e. The summed E-state index contributed by atoms with van der Waals surface area (Å²) in [6.45, 7) is 5.93. The van der Waals surface area contributed by atoms with Crippen molar-refractivity contribution in [3.63, 3.8) is 0 Å². The van der Waals surface area contributed by atoms with Crippen LogP contribution in [0.25, 0.3) is 0 Å². The Morgan fingerprint density at radius 3 is 1.73 bits per heavy atom. The van der Waals surface area contributed by atoms with Gasteiger partial charge < -0.3 is 20.5 Å². The molecule has 0 bridgehead atoms. The van der Waals surface area contributed by atoms with Crippen LogP contribution in [-0.4, -0.2) is 70.3 Å². The molecular formula is C33H55N3O8. The zero-order chi connectivity index (χ0) is 32.8. The average Bonchev–Trinajstić information content (AvgIpc) is 3.26. The first-order valence-corrected chi connectivity index (χ1v) is 16.4. The lowest BCUT2D eigenvalue weighted by atomic mass is 10.0. The number of nitrogens with one attached hydrogen (secondary N) is 2. The summed E-state index contributed by atoms with van der Waals surface area (Å²) >= 11 is 0. The zero-order valence-electron chi connectivity index (χ0n) is 27.1. The molecule has 1 atom stereocenters. The second-order valence-corrected chi connectivity index (χ2v) is 12.5. The first-order valence-electron chi connectivity index (χ1n) is 16.4. The molecule has 250 valence electrons. The predicted molar refractivity (Wildman–Crippen MR) is 167 cm³/mol. The van der Waals surface area contributed by atoms with Crippen molar-refractivity contribution in [3.05, 3.63) is 12.2 Å². The van der Waals surface area contributed by atoms with Crippen molar-refractivity contribution in [2.75, 3.05) is 13.1 Å². The van der Waals surface area contributed by atoms with E-state index in [1.54, 1.807) is 20.8 Å². The van der Waals surface area contributed by atoms with Crippen LogP contribution in [0.2, 0.25) is 0 Å². The molecule has 1 heterocycles. The van der Waals surface area contributed by atoms with Crippen LogP contribution in [0.15, 0.2) is 12.2 Å². The summed E-state index contributed by atoms with van der Waals surface area (Å²) in [7, 11) is 0. The molecule has 1 rings (SSSR count). The van der Waals surface area contributed by atoms with E-state index in [0.717, 1.165) is 56.3 Å². The Morgan fingerprint density at radius 1 is 0.727 bits per heavy atom. The number of carbonyl (C=O) groups excluding carboxylic acids is 5. The number of hydrogen-bond acceptors (Lipinski definition) is 7. The largest absolute Gasteiger partial charge is 0.481 e. The second kappa shape index (κ2) is 22.3. The summed E-state index contributed by atoms with van der Waals surface area (Å²) in [6.07, 6.45) is 17.0. The maximum atomic E-state index is 12.7. The summed E-state index contributed by atoms with van der Waals surface area (Å²) < 4.78 is 5.47. The molecule has 0 saturated carbocycles. The average molecular weight is 622 g/mol. The number of unbranched alkanes of at least 4 members (excludes halogenated alkanes) is 12. The maximum absolute atomic E-state index is 12.7. The zero-order valence-corrected chi connectivity index (χ0v) is 27.1. The number of imide groups is 1. The number of carboxylic acid groups (broad SMARTS) is 1. The van der Waals surface area contributed by atoms with Gasteiger partial charge in [-0.3, -0.25) is 28.9 Å². The second-order valence-electron chi connectivity index (χ2n) is 12.5. The van der Waals surface area contributed by atoms with E-state index in [0.29, 0.717) is 32.4 Å². The van der Waals surface area contributed by atoms with Crippen LogP contribution in [-0.2, 0) is 33.5 Å². The van der Waals surface area contributed by atoms with Crippen LogP contribution < -0.4 is 10.6 Å². The molecule has 3 N–H and O–H groups in total. The van der Waals surface area contributed by atoms with Crippen molar-refractivity contribution in [3.8, 4) is 0 Å². The third-order valence-electron chi connectivity index (χ3n) is 7.26. The minimum absolute atomic E-state index is 0.0436. The third kappa shape index (κ3) is 19.9. The Kier molecular flexibility index (Phi) is 19.7. The van der Waals surface area contributed by atoms with E-state index in [-0.39, 0.29) is 42.9 Å². The van der Waals surface area contributed by atoms with Crippen molar-refractivity contribution in [2.24, 2.45) is 0 Å². The molecule has 0 aliphatic carbocycles. The Hall–Kier alpha value is -3.24. The highest BCUT2D eigenvalue weighted by atomic mass is 16.6. The van der Waals surface area contributed by atoms with Gasteiger partial charge in [-0.15, -0.1) is 0 Å². The number of rotatable bonds is 25. The number of amides is 4. The molecule has 0 radical (unpaired) electrons. The third-order valence-corrected chi connectivity index (χ3v) is 7.26. The molecule has 0 aromatic rings. The van der Waals surface area contributed by atoms with Crippen molar-refractivity contribution >= 4 is 35.6 Å². The molecule has 0 fully saturated rings. The Morgan fingerprint density at radius 2 is 1.23 bits per heavy atom. The fraction of sp³-hybridized carbons (Fsp3) is 0.758. The van der Waals surface area contributed by atoms with Crippen LogP contribution in [0.4, 0.5) is 0 Å². The van der Waals surface area contributed by atoms with E-state index < -0.39 is 23.6 Å². The molecule has 4 amide bonds. The summed E-state index contributed by atoms with van der Waals surface area (Å²) in [4.78, 5) is 72.5. The van der Waals surface area contributed by atoms with Crippen LogP contribution in [0.5, 0.6) is 0 Å². The summed E-state index contributed by atoms with van der Waals surface area (Å²) in [5.74, 6) is -2.41. The molecule has 0 aromatic carbocycles. The molecule has 44 heavy (non-hydrogen) atoms. The van der Waals surface area contributed by atoms with Gasteiger partial charge in [0.15, 0.2) is 0 Å². The number of carbonyl (C=O) groups is 6. The van der Waals surface area contributed by atoms with Gasteiger partial charge in [0.1, 0.15) is 11.6 Å². The first kappa shape index (κ1) is 38.8. The SMILES string of the molecule is CC(C)(C)OC(=O)C(CCC(=O)NCCCCN1C(=O)C=CC1=O)NC(=O)CCCCCCCCCCCCCCC(=O)O. The van der Waals surface area contributed by atoms with Gasteiger partial charge in [0.05, 0.1) is 0 Å². The first-order chi connectivity index (χ1) is 20.9. The van der Waals surface area contributed by atoms with Crippen LogP contribution in [0.1, 0.15) is 136 Å². The molecule has 0 aromatic heterocycles. The predicted octanol–water partition coefficient (Wildman–Crippen LogP) is 4.96. The smallest absolute Gasteiger partial charge is 0.329 e. The fourth-order valence-corrected chi connectivity index (χ4v) is 4.86. The highest BCUT2D eigenvalue weighted by Crippen LogP contribution is 2.14. The van der Waals surface area contributed by atoms with Gasteiger partial charge >= 0.3 is 11.9 Å². The number of nitrogens with zero attached hydrogens (tertiary/aromatic N) is 1. The lowest BCUT2D eigenvalue weighted by molar-refractivity contribution is -0.159. The van der Waals surface area contributed by atoms with Crippen LogP contribution in [0.3, 0.4) is 0 Å². The lowest BCUT2D eigenvalue weighted by Gasteiger charge is -2.24. The topological polar surface area (TPSA) is 159 Å². The Balaban J connectivity index is 2.22. The number of aliphatic carboxylic acids is 1. The van der Waals surface area contributed by atoms with Gasteiger partial charge in [0, 0.05) is 44.5 Å². The molecule has 1 aliphatic rings. The van der Waals surface area contributed by atoms with E-state index in [9.17, 15) is 28.8 Å². The van der Waals surface area contributed by atoms with E-state index in [2.05, 4.69) is 10.6 Å². The van der Waals surface area contributed by atoms with Crippen LogP contribution >= 0.6 is 0 Å². The number of ether oxygens (including phenoxy) is 1. The molecule has 1 aliphatic heterocycles. The van der Waals surface area contributed by atoms with Gasteiger partial charge in [-0.25, -0.2) is 4.79 Å². The number of hydrogen-bond donors (Lipinski definition) is 3. The molecule has 0 spiro atoms. The van der Waals surface area contributed by atoms with E-state index in [4.69, 9.17) is 9.84 Å². The fourth-order valence-electron chi connectivity index (χ4n) is 4.86. The van der Waals surface area contributed by atoms with Crippen LogP contribution in [0, 0.1) is 0 Å². The van der Waals surface area contributed by atoms with Crippen molar-refractivity contribution in [1.82, 2.24) is 15.5 Å². The molecule has 11 nitrogen and oxygen atoms in total. The summed E-state index contributed by atoms with van der Waals surface area (Å²) in [5, 5.41) is 14.2. The van der Waals surface area contributed by atoms with E-state index in [1.807, 2.05) is 0 Å². The highest BCUT2D eigenvalue weighted by Gasteiger charge is 2.27. The number of carboxylic acids is 1. The van der Waals surface area contributed by atoms with Crippen molar-refractivity contribution in [2.45, 2.75) is 148 Å². The minimum Gasteiger partial charge on any atom is -0.481 e. The Bertz CT molecular complexity index is 939. The summed E-state index contributed by atoms with van der Waals surface area (Å²) in [6, 6.07) is -0.913. The minimum atomic E-state index is -0.913. The normalized spacial score (nSPS) is 13.7. The highest BCUT2D eigenvalue weighted by molar-refractivity contribution is 6.12. The van der Waals surface area contributed by atoms with Gasteiger partial charge in [-0.2, -0.15) is 0 Å². The number of esters is 1. The van der Waals surface area contributed by atoms with Gasteiger partial charge in [0.2, 0.25) is 11.8 Å². The molecule has 11 heteroatoms. The Labute approximate surface area is 262 Å². The quantitative estimate of drug-likeness (QED) is 0.0733.